The van der Waals surface area contributed by atoms with Gasteiger partial charge < -0.3 is 0 Å². The molecule has 2 heteroatoms. The molecule has 0 aliphatic rings. The lowest BCUT2D eigenvalue weighted by Gasteiger charge is -2.22. The second-order valence-corrected chi connectivity index (χ2v) is 11.0. The minimum atomic E-state index is 0.154. The maximum Gasteiger partial charge on any atom is 0.0716 e. The molecule has 0 aliphatic heterocycles. The minimum absolute atomic E-state index is 0.154. The molecule has 3 aromatic carbocycles. The first-order valence-corrected chi connectivity index (χ1v) is 12.3. The molecule has 0 bridgehead atoms. The lowest BCUT2D eigenvalue weighted by molar-refractivity contribution is 0.589. The number of hydrogen-bond acceptors (Lipinski definition) is 2. The van der Waals surface area contributed by atoms with E-state index in [0.717, 1.165) is 11.3 Å². The molecule has 0 aliphatic carbocycles. The number of benzene rings is 3. The monoisotopic (exact) mass is 447 g/mol. The van der Waals surface area contributed by atoms with Gasteiger partial charge in [0.25, 0.3) is 0 Å². The lowest BCUT2D eigenvalue weighted by atomic mass is 9.83. The molecular formula is C31H29NS. The summed E-state index contributed by atoms with van der Waals surface area (Å²) in [5, 5.41) is 1.21. The molecule has 2 aromatic heterocycles. The predicted octanol–water partition coefficient (Wildman–Crippen LogP) is 9.21. The van der Waals surface area contributed by atoms with Crippen LogP contribution < -0.4 is 0 Å². The molecule has 1 nitrogen and oxygen atoms in total. The van der Waals surface area contributed by atoms with Gasteiger partial charge in [0.15, 0.2) is 0 Å². The van der Waals surface area contributed by atoms with Crippen molar-refractivity contribution in [3.05, 3.63) is 102 Å². The van der Waals surface area contributed by atoms with Gasteiger partial charge in [0.05, 0.1) is 5.69 Å². The molecule has 164 valence electrons. The van der Waals surface area contributed by atoms with Crippen LogP contribution in [0.4, 0.5) is 0 Å². The molecule has 0 spiro atoms. The lowest BCUT2D eigenvalue weighted by Crippen LogP contribution is -2.11. The Morgan fingerprint density at radius 3 is 2.06 bits per heavy atom. The van der Waals surface area contributed by atoms with Crippen LogP contribution >= 0.6 is 11.3 Å². The molecule has 0 saturated carbocycles. The van der Waals surface area contributed by atoms with Gasteiger partial charge in [0, 0.05) is 26.7 Å². The van der Waals surface area contributed by atoms with Crippen molar-refractivity contribution < 1.29 is 0 Å². The highest BCUT2D eigenvalue weighted by Gasteiger charge is 2.18. The van der Waals surface area contributed by atoms with E-state index in [1.165, 1.54) is 48.3 Å². The van der Waals surface area contributed by atoms with E-state index in [9.17, 15) is 0 Å². The molecule has 0 amide bonds. The summed E-state index contributed by atoms with van der Waals surface area (Å²) < 4.78 is 1.28. The van der Waals surface area contributed by atoms with Crippen LogP contribution in [0, 0.1) is 13.8 Å². The van der Waals surface area contributed by atoms with Crippen LogP contribution in [0.3, 0.4) is 0 Å². The molecule has 0 N–H and O–H groups in total. The molecule has 2 heterocycles. The molecule has 33 heavy (non-hydrogen) atoms. The third-order valence-electron chi connectivity index (χ3n) is 6.31. The maximum atomic E-state index is 4.82. The predicted molar refractivity (Wildman–Crippen MR) is 144 cm³/mol. The van der Waals surface area contributed by atoms with Crippen molar-refractivity contribution >= 4 is 21.4 Å². The van der Waals surface area contributed by atoms with E-state index in [2.05, 4.69) is 113 Å². The average molecular weight is 448 g/mol. The van der Waals surface area contributed by atoms with Crippen LogP contribution in [0.1, 0.15) is 37.5 Å². The van der Waals surface area contributed by atoms with E-state index in [0.29, 0.717) is 0 Å². The van der Waals surface area contributed by atoms with E-state index < -0.39 is 0 Å². The molecule has 0 fully saturated rings. The summed E-state index contributed by atoms with van der Waals surface area (Å²) in [5.41, 5.74) is 10.2. The molecule has 0 radical (unpaired) electrons. The molecule has 5 aromatic rings. The van der Waals surface area contributed by atoms with Gasteiger partial charge in [-0.15, -0.1) is 11.3 Å². The molecule has 5 rings (SSSR count). The fourth-order valence-electron chi connectivity index (χ4n) is 4.49. The summed E-state index contributed by atoms with van der Waals surface area (Å²) in [7, 11) is 0. The van der Waals surface area contributed by atoms with Crippen LogP contribution in [0.2, 0.25) is 0 Å². The molecule has 0 atom stereocenters. The third-order valence-corrected chi connectivity index (χ3v) is 7.43. The normalized spacial score (nSPS) is 11.8. The van der Waals surface area contributed by atoms with Gasteiger partial charge >= 0.3 is 0 Å². The summed E-state index contributed by atoms with van der Waals surface area (Å²) >= 11 is 1.86. The quantitative estimate of drug-likeness (QED) is 0.268. The Balaban J connectivity index is 1.55. The van der Waals surface area contributed by atoms with Crippen LogP contribution in [0.25, 0.3) is 42.9 Å². The number of fused-ring (bicyclic) bond motifs is 1. The van der Waals surface area contributed by atoms with Crippen LogP contribution in [0.5, 0.6) is 0 Å². The third kappa shape index (κ3) is 4.24. The summed E-state index contributed by atoms with van der Waals surface area (Å²) in [6.07, 6.45) is 2.02. The van der Waals surface area contributed by atoms with Gasteiger partial charge in [-0.05, 0) is 70.8 Å². The van der Waals surface area contributed by atoms with Crippen LogP contribution in [-0.2, 0) is 5.41 Å². The zero-order chi connectivity index (χ0) is 23.2. The maximum absolute atomic E-state index is 4.82. The van der Waals surface area contributed by atoms with Gasteiger partial charge in [-0.25, -0.2) is 0 Å². The summed E-state index contributed by atoms with van der Waals surface area (Å²) in [6.45, 7) is 11.3. The van der Waals surface area contributed by atoms with E-state index in [1.54, 1.807) is 0 Å². The Morgan fingerprint density at radius 2 is 1.36 bits per heavy atom. The minimum Gasteiger partial charge on any atom is -0.256 e. The van der Waals surface area contributed by atoms with E-state index in [4.69, 9.17) is 4.98 Å². The molecule has 0 unspecified atom stereocenters. The zero-order valence-electron chi connectivity index (χ0n) is 19.9. The van der Waals surface area contributed by atoms with Crippen LogP contribution in [0.15, 0.2) is 85.1 Å². The Kier molecular flexibility index (Phi) is 5.42. The van der Waals surface area contributed by atoms with Crippen molar-refractivity contribution in [2.24, 2.45) is 0 Å². The van der Waals surface area contributed by atoms with Gasteiger partial charge in [-0.3, -0.25) is 4.98 Å². The largest absolute Gasteiger partial charge is 0.256 e. The number of pyridine rings is 1. The standard InChI is InChI=1S/C31H29NS/c1-20-14-26(31(3,4)5)15-21(2)30(20)29-17-25-19-32-27(18-28(25)33-29)24-13-9-12-23(16-24)22-10-7-6-8-11-22/h6-19H,1-5H3. The van der Waals surface area contributed by atoms with Gasteiger partial charge in [-0.2, -0.15) is 0 Å². The molecular weight excluding hydrogens is 418 g/mol. The summed E-state index contributed by atoms with van der Waals surface area (Å²) in [6, 6.07) is 28.4. The highest BCUT2D eigenvalue weighted by molar-refractivity contribution is 7.22. The number of thiophene rings is 1. The van der Waals surface area contributed by atoms with Crippen molar-refractivity contribution in [1.29, 1.82) is 0 Å². The van der Waals surface area contributed by atoms with Gasteiger partial charge in [-0.1, -0.05) is 81.4 Å². The van der Waals surface area contributed by atoms with Crippen molar-refractivity contribution in [3.8, 4) is 32.8 Å². The van der Waals surface area contributed by atoms with E-state index >= 15 is 0 Å². The number of rotatable bonds is 3. The average Bonchev–Trinajstić information content (AvgIpc) is 3.21. The van der Waals surface area contributed by atoms with Crippen molar-refractivity contribution in [3.63, 3.8) is 0 Å². The van der Waals surface area contributed by atoms with E-state index in [-0.39, 0.29) is 5.41 Å². The first kappa shape index (κ1) is 21.6. The number of hydrogen-bond donors (Lipinski definition) is 0. The van der Waals surface area contributed by atoms with Crippen molar-refractivity contribution in [2.45, 2.75) is 40.0 Å². The summed E-state index contributed by atoms with van der Waals surface area (Å²) in [5.74, 6) is 0. The van der Waals surface area contributed by atoms with Gasteiger partial charge in [0.2, 0.25) is 0 Å². The number of nitrogens with zero attached hydrogens (tertiary/aromatic N) is 1. The summed E-state index contributed by atoms with van der Waals surface area (Å²) in [4.78, 5) is 6.13. The van der Waals surface area contributed by atoms with Gasteiger partial charge in [0.1, 0.15) is 0 Å². The second kappa shape index (κ2) is 8.28. The Labute approximate surface area is 200 Å². The fourth-order valence-corrected chi connectivity index (χ4v) is 5.74. The SMILES string of the molecule is Cc1cc(C(C)(C)C)cc(C)c1-c1cc2cnc(-c3cccc(-c4ccccc4)c3)cc2s1. The Morgan fingerprint density at radius 1 is 0.697 bits per heavy atom. The van der Waals surface area contributed by atoms with E-state index in [1.807, 2.05) is 17.5 Å². The topological polar surface area (TPSA) is 12.9 Å². The second-order valence-electron chi connectivity index (χ2n) is 9.90. The Hall–Kier alpha value is -3.23. The fraction of sp³-hybridized carbons (Fsp3) is 0.194. The number of aryl methyl sites for hydroxylation is 2. The first-order chi connectivity index (χ1) is 15.8. The number of aromatic nitrogens is 1. The Bertz CT molecular complexity index is 1430. The first-order valence-electron chi connectivity index (χ1n) is 11.5. The smallest absolute Gasteiger partial charge is 0.0716 e. The van der Waals surface area contributed by atoms with Crippen molar-refractivity contribution in [2.75, 3.05) is 0 Å². The zero-order valence-corrected chi connectivity index (χ0v) is 20.8. The van der Waals surface area contributed by atoms with Crippen LogP contribution in [-0.4, -0.2) is 4.98 Å². The highest BCUT2D eigenvalue weighted by atomic mass is 32.1. The van der Waals surface area contributed by atoms with Crippen molar-refractivity contribution in [1.82, 2.24) is 4.98 Å². The molecule has 0 saturated heterocycles. The highest BCUT2D eigenvalue weighted by Crippen LogP contribution is 2.39.